The van der Waals surface area contributed by atoms with Gasteiger partial charge < -0.3 is 14.9 Å². The Morgan fingerprint density at radius 1 is 1.05 bits per heavy atom. The summed E-state index contributed by atoms with van der Waals surface area (Å²) in [5, 5.41) is 11.2. The van der Waals surface area contributed by atoms with Crippen LogP contribution < -0.4 is 5.73 Å². The summed E-state index contributed by atoms with van der Waals surface area (Å²) in [7, 11) is 0. The quantitative estimate of drug-likeness (QED) is 0.441. The molecule has 8 nitrogen and oxygen atoms in total. The lowest BCUT2D eigenvalue weighted by Crippen LogP contribution is -2.04. The van der Waals surface area contributed by atoms with Crippen molar-refractivity contribution in [2.75, 3.05) is 5.73 Å². The predicted molar refractivity (Wildman–Crippen MR) is 71.8 cm³/mol. The van der Waals surface area contributed by atoms with Crippen LogP contribution in [0.5, 0.6) is 0 Å². The van der Waals surface area contributed by atoms with Crippen molar-refractivity contribution in [2.24, 2.45) is 0 Å². The van der Waals surface area contributed by atoms with Gasteiger partial charge in [0.25, 0.3) is 5.69 Å². The fraction of sp³-hybridized carbons (Fsp3) is 0. The average Bonchev–Trinajstić information content (AvgIpc) is 3.11. The normalized spacial score (nSPS) is 10.6. The third kappa shape index (κ3) is 1.88. The molecule has 0 saturated heterocycles. The first-order chi connectivity index (χ1) is 9.66. The van der Waals surface area contributed by atoms with Crippen molar-refractivity contribution in [1.82, 2.24) is 19.1 Å². The SMILES string of the molecule is Nc1cc([N+](=O)[O-])c(-n2ccnc2)cc1-n1ccnc1. The van der Waals surface area contributed by atoms with Gasteiger partial charge in [-0.15, -0.1) is 0 Å². The second-order valence-corrected chi connectivity index (χ2v) is 4.10. The zero-order chi connectivity index (χ0) is 14.1. The van der Waals surface area contributed by atoms with Crippen molar-refractivity contribution in [3.8, 4) is 11.4 Å². The number of nitrogens with two attached hydrogens (primary N) is 1. The van der Waals surface area contributed by atoms with Gasteiger partial charge in [-0.3, -0.25) is 10.1 Å². The molecule has 2 heterocycles. The molecule has 0 amide bonds. The number of nitro groups is 1. The second kappa shape index (κ2) is 4.50. The van der Waals surface area contributed by atoms with Crippen molar-refractivity contribution in [3.05, 3.63) is 59.7 Å². The summed E-state index contributed by atoms with van der Waals surface area (Å²) in [4.78, 5) is 18.5. The van der Waals surface area contributed by atoms with Gasteiger partial charge in [0, 0.05) is 30.9 Å². The Bertz CT molecular complexity index is 749. The molecular weight excluding hydrogens is 260 g/mol. The van der Waals surface area contributed by atoms with Crippen LogP contribution in [0.25, 0.3) is 11.4 Å². The van der Waals surface area contributed by atoms with Gasteiger partial charge in [0.15, 0.2) is 0 Å². The van der Waals surface area contributed by atoms with E-state index in [1.165, 1.54) is 12.4 Å². The standard InChI is InChI=1S/C12H10N6O2/c13-9-5-12(18(19)20)11(17-4-2-15-8-17)6-10(9)16-3-1-14-7-16/h1-8H,13H2. The zero-order valence-electron chi connectivity index (χ0n) is 10.2. The van der Waals surface area contributed by atoms with Gasteiger partial charge >= 0.3 is 0 Å². The highest BCUT2D eigenvalue weighted by Crippen LogP contribution is 2.30. The van der Waals surface area contributed by atoms with Crippen LogP contribution in [0.2, 0.25) is 0 Å². The Hall–Kier alpha value is -3.16. The molecule has 8 heteroatoms. The molecule has 0 atom stereocenters. The molecule has 2 N–H and O–H groups in total. The van der Waals surface area contributed by atoms with Crippen LogP contribution in [0.1, 0.15) is 0 Å². The summed E-state index contributed by atoms with van der Waals surface area (Å²) >= 11 is 0. The van der Waals surface area contributed by atoms with Crippen molar-refractivity contribution >= 4 is 11.4 Å². The first kappa shape index (κ1) is 11.9. The topological polar surface area (TPSA) is 105 Å². The van der Waals surface area contributed by atoms with E-state index in [4.69, 9.17) is 5.73 Å². The van der Waals surface area contributed by atoms with Crippen molar-refractivity contribution in [1.29, 1.82) is 0 Å². The van der Waals surface area contributed by atoms with Crippen LogP contribution >= 0.6 is 0 Å². The number of hydrogen-bond acceptors (Lipinski definition) is 5. The van der Waals surface area contributed by atoms with Crippen LogP contribution in [-0.2, 0) is 0 Å². The lowest BCUT2D eigenvalue weighted by Gasteiger charge is -2.10. The van der Waals surface area contributed by atoms with Crippen LogP contribution in [0, 0.1) is 10.1 Å². The number of aromatic nitrogens is 4. The number of rotatable bonds is 3. The molecule has 1 aromatic carbocycles. The Labute approximate surface area is 113 Å². The molecule has 20 heavy (non-hydrogen) atoms. The molecule has 100 valence electrons. The molecule has 0 spiro atoms. The van der Waals surface area contributed by atoms with E-state index >= 15 is 0 Å². The third-order valence-electron chi connectivity index (χ3n) is 2.89. The first-order valence-corrected chi connectivity index (χ1v) is 5.71. The van der Waals surface area contributed by atoms with E-state index in [0.29, 0.717) is 17.1 Å². The van der Waals surface area contributed by atoms with Gasteiger partial charge in [-0.1, -0.05) is 0 Å². The van der Waals surface area contributed by atoms with Gasteiger partial charge in [-0.25, -0.2) is 9.97 Å². The Morgan fingerprint density at radius 3 is 2.15 bits per heavy atom. The monoisotopic (exact) mass is 270 g/mol. The van der Waals surface area contributed by atoms with Gasteiger partial charge in [0.05, 0.1) is 29.0 Å². The van der Waals surface area contributed by atoms with Crippen LogP contribution in [0.3, 0.4) is 0 Å². The number of nitrogens with zero attached hydrogens (tertiary/aromatic N) is 5. The van der Waals surface area contributed by atoms with E-state index in [0.717, 1.165) is 0 Å². The third-order valence-corrected chi connectivity index (χ3v) is 2.89. The Balaban J connectivity index is 2.25. The smallest absolute Gasteiger partial charge is 0.295 e. The lowest BCUT2D eigenvalue weighted by atomic mass is 10.2. The predicted octanol–water partition coefficient (Wildman–Crippen LogP) is 1.55. The van der Waals surface area contributed by atoms with Crippen LogP contribution in [0.15, 0.2) is 49.6 Å². The molecule has 3 aromatic rings. The highest BCUT2D eigenvalue weighted by atomic mass is 16.6. The highest BCUT2D eigenvalue weighted by molar-refractivity contribution is 5.70. The summed E-state index contributed by atoms with van der Waals surface area (Å²) in [6.45, 7) is 0. The molecule has 0 aliphatic rings. The summed E-state index contributed by atoms with van der Waals surface area (Å²) in [6.07, 6.45) is 9.59. The second-order valence-electron chi connectivity index (χ2n) is 4.10. The average molecular weight is 270 g/mol. The van der Waals surface area contributed by atoms with E-state index in [2.05, 4.69) is 9.97 Å². The van der Waals surface area contributed by atoms with Gasteiger partial charge in [-0.05, 0) is 6.07 Å². The molecule has 0 aliphatic carbocycles. The summed E-state index contributed by atoms with van der Waals surface area (Å²) in [5.41, 5.74) is 7.14. The largest absolute Gasteiger partial charge is 0.397 e. The van der Waals surface area contributed by atoms with Crippen molar-refractivity contribution < 1.29 is 4.92 Å². The number of hydrogen-bond donors (Lipinski definition) is 1. The maximum atomic E-state index is 11.2. The van der Waals surface area contributed by atoms with Gasteiger partial charge in [0.1, 0.15) is 5.69 Å². The number of nitrogen functional groups attached to an aromatic ring is 1. The zero-order valence-corrected chi connectivity index (χ0v) is 10.2. The van der Waals surface area contributed by atoms with Gasteiger partial charge in [-0.2, -0.15) is 0 Å². The van der Waals surface area contributed by atoms with Crippen LogP contribution in [-0.4, -0.2) is 24.0 Å². The minimum Gasteiger partial charge on any atom is -0.397 e. The summed E-state index contributed by atoms with van der Waals surface area (Å²) in [5.74, 6) is 0. The number of imidazole rings is 2. The maximum Gasteiger partial charge on any atom is 0.295 e. The molecule has 0 saturated carbocycles. The molecule has 0 aliphatic heterocycles. The minimum absolute atomic E-state index is 0.0793. The minimum atomic E-state index is -0.469. The summed E-state index contributed by atoms with van der Waals surface area (Å²) in [6, 6.07) is 2.97. The molecule has 0 fully saturated rings. The van der Waals surface area contributed by atoms with Crippen molar-refractivity contribution in [3.63, 3.8) is 0 Å². The highest BCUT2D eigenvalue weighted by Gasteiger charge is 2.19. The van der Waals surface area contributed by atoms with Crippen molar-refractivity contribution in [2.45, 2.75) is 0 Å². The fourth-order valence-corrected chi connectivity index (χ4v) is 1.96. The van der Waals surface area contributed by atoms with Crippen LogP contribution in [0.4, 0.5) is 11.4 Å². The molecule has 0 unspecified atom stereocenters. The molecule has 3 rings (SSSR count). The maximum absolute atomic E-state index is 11.2. The number of benzene rings is 1. The van der Waals surface area contributed by atoms with Gasteiger partial charge in [0.2, 0.25) is 0 Å². The molecule has 0 bridgehead atoms. The number of anilines is 1. The van der Waals surface area contributed by atoms with E-state index in [9.17, 15) is 10.1 Å². The molecule has 2 aromatic heterocycles. The first-order valence-electron chi connectivity index (χ1n) is 5.71. The lowest BCUT2D eigenvalue weighted by molar-refractivity contribution is -0.384. The molecular formula is C12H10N6O2. The summed E-state index contributed by atoms with van der Waals surface area (Å²) < 4.78 is 3.26. The van der Waals surface area contributed by atoms with E-state index in [1.807, 2.05) is 0 Å². The van der Waals surface area contributed by atoms with E-state index < -0.39 is 4.92 Å². The van der Waals surface area contributed by atoms with E-state index in [1.54, 1.807) is 46.3 Å². The fourth-order valence-electron chi connectivity index (χ4n) is 1.96. The Morgan fingerprint density at radius 2 is 1.65 bits per heavy atom. The number of nitro benzene ring substituents is 1. The molecule has 0 radical (unpaired) electrons. The Kier molecular flexibility index (Phi) is 2.68. The van der Waals surface area contributed by atoms with E-state index in [-0.39, 0.29) is 5.69 Å².